The van der Waals surface area contributed by atoms with E-state index in [1.54, 1.807) is 0 Å². The van der Waals surface area contributed by atoms with Gasteiger partial charge in [-0.1, -0.05) is 0 Å². The summed E-state index contributed by atoms with van der Waals surface area (Å²) in [6.07, 6.45) is -10.5. The molecule has 0 bridgehead atoms. The Balaban J connectivity index is 3.67. The second-order valence-corrected chi connectivity index (χ2v) is 12.1. The molecule has 5 unspecified atom stereocenters. The third-order valence-corrected chi connectivity index (χ3v) is 7.86. The van der Waals surface area contributed by atoms with Crippen molar-refractivity contribution in [2.45, 2.75) is 90.2 Å². The summed E-state index contributed by atoms with van der Waals surface area (Å²) < 4.78 is 76.4. The number of carbonyl (C=O) groups excluding carboxylic acids is 7. The fourth-order valence-corrected chi connectivity index (χ4v) is 5.69. The lowest BCUT2D eigenvalue weighted by Crippen LogP contribution is -2.73. The zero-order valence-corrected chi connectivity index (χ0v) is 33.2. The Kier molecular flexibility index (Phi) is 22.6. The number of hydrogen-bond donors (Lipinski definition) is 1. The quantitative estimate of drug-likeness (QED) is 0.0450. The number of esters is 7. The van der Waals surface area contributed by atoms with Crippen molar-refractivity contribution in [3.63, 3.8) is 0 Å². The Labute approximate surface area is 323 Å². The van der Waals surface area contributed by atoms with Gasteiger partial charge in [-0.15, -0.1) is 0 Å². The van der Waals surface area contributed by atoms with Crippen LogP contribution in [-0.4, -0.2) is 170 Å². The zero-order chi connectivity index (χ0) is 42.6. The van der Waals surface area contributed by atoms with E-state index < -0.39 is 122 Å². The lowest BCUT2D eigenvalue weighted by molar-refractivity contribution is -0.410. The van der Waals surface area contributed by atoms with E-state index in [4.69, 9.17) is 66.3 Å². The van der Waals surface area contributed by atoms with Crippen molar-refractivity contribution >= 4 is 41.8 Å². The third-order valence-electron chi connectivity index (χ3n) is 7.86. The summed E-state index contributed by atoms with van der Waals surface area (Å²) in [5.41, 5.74) is 0. The van der Waals surface area contributed by atoms with E-state index in [9.17, 15) is 38.7 Å². The van der Waals surface area contributed by atoms with Gasteiger partial charge in [-0.25, -0.2) is 0 Å². The van der Waals surface area contributed by atoms with Crippen molar-refractivity contribution in [1.82, 2.24) is 0 Å². The van der Waals surface area contributed by atoms with Gasteiger partial charge in [0.2, 0.25) is 0 Å². The molecular formula is C34H54O22. The third kappa shape index (κ3) is 15.8. The molecule has 22 nitrogen and oxygen atoms in total. The minimum atomic E-state index is -1.99. The molecule has 322 valence electrons. The first-order valence-corrected chi connectivity index (χ1v) is 17.1. The zero-order valence-electron chi connectivity index (χ0n) is 33.2. The lowest BCUT2D eigenvalue weighted by atomic mass is 9.65. The smallest absolute Gasteiger partial charge is 0.316 e. The van der Waals surface area contributed by atoms with Crippen molar-refractivity contribution in [2.24, 2.45) is 11.8 Å². The molecule has 0 aromatic rings. The number of methoxy groups -OCH3 is 4. The number of hydrogen-bond acceptors (Lipinski definition) is 22. The summed E-state index contributed by atoms with van der Waals surface area (Å²) in [6.45, 7) is 3.38. The summed E-state index contributed by atoms with van der Waals surface area (Å²) in [5.74, 6) is -10.1. The van der Waals surface area contributed by atoms with Crippen LogP contribution >= 0.6 is 0 Å². The normalized spacial score (nSPS) is 22.1. The van der Waals surface area contributed by atoms with Gasteiger partial charge in [-0.2, -0.15) is 0 Å². The fraction of sp³-hybridized carbons (Fsp3) is 0.794. The molecule has 56 heavy (non-hydrogen) atoms. The predicted octanol–water partition coefficient (Wildman–Crippen LogP) is -1.03. The molecule has 0 radical (unpaired) electrons. The summed E-state index contributed by atoms with van der Waals surface area (Å²) in [5, 5.41) is 10.9. The largest absolute Gasteiger partial charge is 0.469 e. The molecule has 0 spiro atoms. The summed E-state index contributed by atoms with van der Waals surface area (Å²) in [6, 6.07) is 0. The van der Waals surface area contributed by atoms with Crippen LogP contribution in [0.2, 0.25) is 0 Å². The SMILES string of the molecule is COCC(OC(C)=O)C(OC(C)=O)[C@H](OCCOC(C)=O)O[C@H]1C(COC)[C@@](OC)(OCO[C@H](C(O)COC(C)=O)[C@@H](COC(C)=O)OC(C)=O)C1C(=O)OC. The molecule has 1 N–H and O–H groups in total. The summed E-state index contributed by atoms with van der Waals surface area (Å²) >= 11 is 0. The molecule has 0 saturated heterocycles. The molecule has 0 amide bonds. The van der Waals surface area contributed by atoms with Gasteiger partial charge in [0.05, 0.1) is 39.0 Å². The monoisotopic (exact) mass is 814 g/mol. The molecule has 0 heterocycles. The summed E-state index contributed by atoms with van der Waals surface area (Å²) in [4.78, 5) is 84.4. The minimum Gasteiger partial charge on any atom is -0.469 e. The maximum atomic E-state index is 13.5. The number of ether oxygens (including phenoxy) is 14. The maximum Gasteiger partial charge on any atom is 0.316 e. The van der Waals surface area contributed by atoms with Gasteiger partial charge >= 0.3 is 41.8 Å². The number of rotatable bonds is 27. The van der Waals surface area contributed by atoms with E-state index in [2.05, 4.69) is 0 Å². The molecule has 1 fully saturated rings. The maximum absolute atomic E-state index is 13.5. The molecule has 1 saturated carbocycles. The Morgan fingerprint density at radius 3 is 1.66 bits per heavy atom. The molecule has 1 aliphatic carbocycles. The Bertz CT molecular complexity index is 1290. The number of aliphatic hydroxyl groups excluding tert-OH is 1. The van der Waals surface area contributed by atoms with Gasteiger partial charge in [-0.3, -0.25) is 33.6 Å². The van der Waals surface area contributed by atoms with E-state index in [-0.39, 0.29) is 26.4 Å². The standard InChI is InChI=1S/C34H54O22/c1-18(35)47-11-12-48-33(31(55-23(6)40)26(15-44-8)53-21(4)38)56-29-24(13-43-7)34(46-10,28(29)32(42)45-9)52-17-51-30(25(41)14-49-19(2)36)27(54-22(5)39)16-50-20(3)37/h24-31,33,41H,11-17H2,1-10H3/t24?,25?,26?,27-,28?,29+,30-,31?,33-,34-/m1/s1. The second kappa shape index (κ2) is 25.3. The van der Waals surface area contributed by atoms with Gasteiger partial charge in [0, 0.05) is 62.9 Å². The van der Waals surface area contributed by atoms with Gasteiger partial charge in [0.1, 0.15) is 37.9 Å². The van der Waals surface area contributed by atoms with Crippen LogP contribution in [0.5, 0.6) is 0 Å². The van der Waals surface area contributed by atoms with Crippen LogP contribution in [0.3, 0.4) is 0 Å². The van der Waals surface area contributed by atoms with Gasteiger partial charge in [0.15, 0.2) is 37.2 Å². The first-order valence-electron chi connectivity index (χ1n) is 17.1. The second-order valence-electron chi connectivity index (χ2n) is 12.1. The Morgan fingerprint density at radius 2 is 1.18 bits per heavy atom. The predicted molar refractivity (Wildman–Crippen MR) is 180 cm³/mol. The van der Waals surface area contributed by atoms with Gasteiger partial charge in [-0.05, 0) is 0 Å². The lowest BCUT2D eigenvalue weighted by Gasteiger charge is -2.57. The van der Waals surface area contributed by atoms with Crippen LogP contribution in [0.4, 0.5) is 0 Å². The van der Waals surface area contributed by atoms with Crippen molar-refractivity contribution in [1.29, 1.82) is 0 Å². The average molecular weight is 815 g/mol. The van der Waals surface area contributed by atoms with Crippen LogP contribution in [0.1, 0.15) is 41.5 Å². The van der Waals surface area contributed by atoms with Gasteiger partial charge in [0.25, 0.3) is 0 Å². The van der Waals surface area contributed by atoms with E-state index in [1.165, 1.54) is 28.3 Å². The Morgan fingerprint density at radius 1 is 0.625 bits per heavy atom. The summed E-state index contributed by atoms with van der Waals surface area (Å²) in [7, 11) is 4.88. The van der Waals surface area contributed by atoms with Gasteiger partial charge < -0.3 is 71.4 Å². The molecular weight excluding hydrogens is 760 g/mol. The van der Waals surface area contributed by atoms with Crippen LogP contribution in [0.15, 0.2) is 0 Å². The van der Waals surface area contributed by atoms with Crippen LogP contribution in [0, 0.1) is 11.8 Å². The topological polar surface area (TPSA) is 269 Å². The van der Waals surface area contributed by atoms with Crippen molar-refractivity contribution in [2.75, 3.05) is 74.9 Å². The van der Waals surface area contributed by atoms with Crippen LogP contribution in [-0.2, 0) is 99.9 Å². The molecule has 0 aromatic heterocycles. The highest BCUT2D eigenvalue weighted by Gasteiger charge is 2.70. The molecule has 0 aromatic carbocycles. The first-order chi connectivity index (χ1) is 26.4. The fourth-order valence-electron chi connectivity index (χ4n) is 5.69. The van der Waals surface area contributed by atoms with Crippen molar-refractivity contribution in [3.05, 3.63) is 0 Å². The van der Waals surface area contributed by atoms with Crippen molar-refractivity contribution in [3.8, 4) is 0 Å². The Hall–Kier alpha value is -4.03. The molecule has 1 aliphatic rings. The van der Waals surface area contributed by atoms with E-state index in [1.807, 2.05) is 0 Å². The van der Waals surface area contributed by atoms with E-state index >= 15 is 0 Å². The molecule has 0 aliphatic heterocycles. The minimum absolute atomic E-state index is 0.239. The average Bonchev–Trinajstić information content (AvgIpc) is 3.11. The number of carbonyl (C=O) groups is 7. The molecule has 10 atom stereocenters. The highest BCUT2D eigenvalue weighted by molar-refractivity contribution is 5.76. The van der Waals surface area contributed by atoms with Crippen molar-refractivity contribution < 1.29 is 105 Å². The number of aliphatic hydroxyl groups is 1. The highest BCUT2D eigenvalue weighted by atomic mass is 16.8. The van der Waals surface area contributed by atoms with E-state index in [0.717, 1.165) is 41.7 Å². The molecule has 22 heteroatoms. The van der Waals surface area contributed by atoms with E-state index in [0.29, 0.717) is 0 Å². The highest BCUT2D eigenvalue weighted by Crippen LogP contribution is 2.51. The molecule has 1 rings (SSSR count). The van der Waals surface area contributed by atoms with Crippen LogP contribution < -0.4 is 0 Å². The van der Waals surface area contributed by atoms with Crippen LogP contribution in [0.25, 0.3) is 0 Å². The first kappa shape index (κ1) is 50.0.